The molecular weight excluding hydrogens is 339 g/mol. The molecule has 2 amide bonds. The average Bonchev–Trinajstić information content (AvgIpc) is 2.59. The van der Waals surface area contributed by atoms with E-state index in [1.54, 1.807) is 11.0 Å². The van der Waals surface area contributed by atoms with Gasteiger partial charge < -0.3 is 19.9 Å². The van der Waals surface area contributed by atoms with Crippen molar-refractivity contribution < 1.29 is 18.7 Å². The highest BCUT2D eigenvalue weighted by Crippen LogP contribution is 2.34. The lowest BCUT2D eigenvalue weighted by molar-refractivity contribution is 0.000799. The summed E-state index contributed by atoms with van der Waals surface area (Å²) in [5.74, 6) is -1.09. The van der Waals surface area contributed by atoms with E-state index in [-0.39, 0.29) is 23.9 Å². The minimum Gasteiger partial charge on any atom is -0.444 e. The van der Waals surface area contributed by atoms with Gasteiger partial charge in [0.25, 0.3) is 5.91 Å². The number of anilines is 1. The standard InChI is InChI=1S/C18H25FN4O3/c1-18(2,3)26-17(25)23-10-11-5-6-12(23)9-22(11)14-8-7-13(16(24)20-4)21-15(14)19/h7-8,11-12H,5-6,9-10H2,1-4H3,(H,20,24). The first-order chi connectivity index (χ1) is 12.2. The van der Waals surface area contributed by atoms with Crippen LogP contribution in [0.15, 0.2) is 12.1 Å². The SMILES string of the molecule is CNC(=O)c1ccc(N2CC3CCC2CN3C(=O)OC(C)(C)C)c(F)n1. The molecule has 3 aliphatic rings. The van der Waals surface area contributed by atoms with Crippen LogP contribution in [0.1, 0.15) is 44.1 Å². The van der Waals surface area contributed by atoms with Crippen LogP contribution in [0.2, 0.25) is 0 Å². The van der Waals surface area contributed by atoms with Gasteiger partial charge in [-0.3, -0.25) is 4.79 Å². The fourth-order valence-corrected chi connectivity index (χ4v) is 3.56. The first kappa shape index (κ1) is 18.4. The molecule has 142 valence electrons. The molecule has 0 spiro atoms. The van der Waals surface area contributed by atoms with Gasteiger partial charge in [-0.25, -0.2) is 9.78 Å². The molecule has 3 aliphatic heterocycles. The van der Waals surface area contributed by atoms with Gasteiger partial charge in [-0.15, -0.1) is 0 Å². The Morgan fingerprint density at radius 1 is 1.23 bits per heavy atom. The van der Waals surface area contributed by atoms with Crippen LogP contribution in [-0.2, 0) is 4.74 Å². The molecule has 26 heavy (non-hydrogen) atoms. The predicted molar refractivity (Wildman–Crippen MR) is 94.7 cm³/mol. The summed E-state index contributed by atoms with van der Waals surface area (Å²) in [6, 6.07) is 3.10. The number of carbonyl (C=O) groups excluding carboxylic acids is 2. The van der Waals surface area contributed by atoms with Crippen molar-refractivity contribution in [2.45, 2.75) is 51.3 Å². The van der Waals surface area contributed by atoms with E-state index in [0.29, 0.717) is 18.8 Å². The number of carbonyl (C=O) groups is 2. The van der Waals surface area contributed by atoms with Gasteiger partial charge in [0.05, 0.1) is 11.7 Å². The number of hydrogen-bond acceptors (Lipinski definition) is 5. The summed E-state index contributed by atoms with van der Waals surface area (Å²) in [5.41, 5.74) is -0.124. The predicted octanol–water partition coefficient (Wildman–Crippen LogP) is 2.17. The van der Waals surface area contributed by atoms with Gasteiger partial charge in [-0.2, -0.15) is 4.39 Å². The highest BCUT2D eigenvalue weighted by Gasteiger charge is 2.43. The van der Waals surface area contributed by atoms with Crippen molar-refractivity contribution in [3.63, 3.8) is 0 Å². The summed E-state index contributed by atoms with van der Waals surface area (Å²) in [7, 11) is 1.48. The Morgan fingerprint density at radius 3 is 2.46 bits per heavy atom. The van der Waals surface area contributed by atoms with Gasteiger partial charge in [0.2, 0.25) is 5.95 Å². The number of pyridine rings is 1. The van der Waals surface area contributed by atoms with Crippen LogP contribution >= 0.6 is 0 Å². The zero-order chi connectivity index (χ0) is 19.1. The molecule has 1 aromatic heterocycles. The zero-order valence-electron chi connectivity index (χ0n) is 15.6. The number of piperidine rings is 2. The second-order valence-electron chi connectivity index (χ2n) is 7.76. The highest BCUT2D eigenvalue weighted by atomic mass is 19.1. The largest absolute Gasteiger partial charge is 0.444 e. The minimum absolute atomic E-state index is 0.00895. The molecular formula is C18H25FN4O3. The van der Waals surface area contributed by atoms with Crippen LogP contribution in [0.25, 0.3) is 0 Å². The summed E-state index contributed by atoms with van der Waals surface area (Å²) in [5, 5.41) is 2.43. The Bertz CT molecular complexity index is 719. The van der Waals surface area contributed by atoms with Crippen LogP contribution in [0, 0.1) is 5.95 Å². The lowest BCUT2D eigenvalue weighted by atomic mass is 9.90. The fourth-order valence-electron chi connectivity index (χ4n) is 3.56. The average molecular weight is 364 g/mol. The van der Waals surface area contributed by atoms with E-state index in [1.165, 1.54) is 13.1 Å². The molecule has 0 saturated carbocycles. The molecule has 7 nitrogen and oxygen atoms in total. The lowest BCUT2D eigenvalue weighted by Crippen LogP contribution is -2.64. The molecule has 3 saturated heterocycles. The summed E-state index contributed by atoms with van der Waals surface area (Å²) < 4.78 is 20.0. The molecule has 4 heterocycles. The van der Waals surface area contributed by atoms with Crippen molar-refractivity contribution in [1.29, 1.82) is 0 Å². The summed E-state index contributed by atoms with van der Waals surface area (Å²) >= 11 is 0. The van der Waals surface area contributed by atoms with Gasteiger partial charge in [0.15, 0.2) is 0 Å². The van der Waals surface area contributed by atoms with Gasteiger partial charge in [-0.05, 0) is 45.7 Å². The molecule has 0 aromatic carbocycles. The molecule has 4 rings (SSSR count). The number of rotatable bonds is 2. The van der Waals surface area contributed by atoms with Crippen LogP contribution in [0.4, 0.5) is 14.9 Å². The maximum absolute atomic E-state index is 14.5. The molecule has 2 atom stereocenters. The Labute approximate surface area is 152 Å². The van der Waals surface area contributed by atoms with Gasteiger partial charge in [-0.1, -0.05) is 0 Å². The van der Waals surface area contributed by atoms with Crippen LogP contribution in [0.3, 0.4) is 0 Å². The number of aromatic nitrogens is 1. The third-order valence-electron chi connectivity index (χ3n) is 4.76. The number of nitrogens with zero attached hydrogens (tertiary/aromatic N) is 3. The second kappa shape index (κ2) is 6.74. The van der Waals surface area contributed by atoms with Gasteiger partial charge in [0.1, 0.15) is 11.3 Å². The smallest absolute Gasteiger partial charge is 0.410 e. The number of piperazine rings is 1. The zero-order valence-corrected chi connectivity index (χ0v) is 15.6. The summed E-state index contributed by atoms with van der Waals surface area (Å²) in [6.07, 6.45) is 1.42. The van der Waals surface area contributed by atoms with Crippen molar-refractivity contribution in [1.82, 2.24) is 15.2 Å². The van der Waals surface area contributed by atoms with Crippen molar-refractivity contribution in [2.75, 3.05) is 25.0 Å². The van der Waals surface area contributed by atoms with Crippen molar-refractivity contribution in [2.24, 2.45) is 0 Å². The molecule has 1 aromatic rings. The summed E-state index contributed by atoms with van der Waals surface area (Å²) in [4.78, 5) is 31.5. The van der Waals surface area contributed by atoms with Crippen molar-refractivity contribution >= 4 is 17.7 Å². The Balaban J connectivity index is 1.76. The summed E-state index contributed by atoms with van der Waals surface area (Å²) in [6.45, 7) is 6.55. The molecule has 0 radical (unpaired) electrons. The maximum atomic E-state index is 14.5. The number of amides is 2. The Hall–Kier alpha value is -2.38. The molecule has 2 unspecified atom stereocenters. The molecule has 3 fully saturated rings. The number of halogens is 1. The van der Waals surface area contributed by atoms with Crippen molar-refractivity contribution in [3.05, 3.63) is 23.8 Å². The van der Waals surface area contributed by atoms with Crippen LogP contribution < -0.4 is 10.2 Å². The van der Waals surface area contributed by atoms with E-state index in [0.717, 1.165) is 12.8 Å². The quantitative estimate of drug-likeness (QED) is 0.814. The minimum atomic E-state index is -0.664. The van der Waals surface area contributed by atoms with E-state index >= 15 is 0 Å². The van der Waals surface area contributed by atoms with E-state index in [4.69, 9.17) is 4.74 Å². The second-order valence-corrected chi connectivity index (χ2v) is 7.76. The Kier molecular flexibility index (Phi) is 4.77. The molecule has 0 aliphatic carbocycles. The van der Waals surface area contributed by atoms with Crippen molar-refractivity contribution in [3.8, 4) is 0 Å². The third kappa shape index (κ3) is 3.59. The number of hydrogen-bond donors (Lipinski definition) is 1. The molecule has 8 heteroatoms. The Morgan fingerprint density at radius 2 is 1.92 bits per heavy atom. The number of ether oxygens (including phenoxy) is 1. The maximum Gasteiger partial charge on any atom is 0.410 e. The van der Waals surface area contributed by atoms with E-state index < -0.39 is 17.5 Å². The highest BCUT2D eigenvalue weighted by molar-refractivity contribution is 5.92. The normalized spacial score (nSPS) is 22.3. The molecule has 2 bridgehead atoms. The van der Waals surface area contributed by atoms with Crippen LogP contribution in [-0.4, -0.2) is 59.7 Å². The monoisotopic (exact) mass is 364 g/mol. The number of fused-ring (bicyclic) bond motifs is 3. The first-order valence-electron chi connectivity index (χ1n) is 8.84. The van der Waals surface area contributed by atoms with E-state index in [2.05, 4.69) is 10.3 Å². The third-order valence-corrected chi connectivity index (χ3v) is 4.76. The van der Waals surface area contributed by atoms with E-state index in [1.807, 2.05) is 25.7 Å². The van der Waals surface area contributed by atoms with Crippen LogP contribution in [0.5, 0.6) is 0 Å². The first-order valence-corrected chi connectivity index (χ1v) is 8.84. The topological polar surface area (TPSA) is 74.8 Å². The van der Waals surface area contributed by atoms with Gasteiger partial charge in [0, 0.05) is 26.2 Å². The van der Waals surface area contributed by atoms with E-state index in [9.17, 15) is 14.0 Å². The fraction of sp³-hybridized carbons (Fsp3) is 0.611. The van der Waals surface area contributed by atoms with Gasteiger partial charge >= 0.3 is 6.09 Å². The molecule has 1 N–H and O–H groups in total. The number of nitrogens with one attached hydrogen (secondary N) is 1. The lowest BCUT2D eigenvalue weighted by Gasteiger charge is -2.52.